The van der Waals surface area contributed by atoms with Gasteiger partial charge in [-0.25, -0.2) is 4.79 Å². The van der Waals surface area contributed by atoms with Crippen LogP contribution in [0.5, 0.6) is 0 Å². The van der Waals surface area contributed by atoms with Crippen molar-refractivity contribution in [3.8, 4) is 0 Å². The Kier molecular flexibility index (Phi) is 12.7. The van der Waals surface area contributed by atoms with Crippen molar-refractivity contribution in [2.24, 2.45) is 23.5 Å². The van der Waals surface area contributed by atoms with Gasteiger partial charge in [0.25, 0.3) is 0 Å². The van der Waals surface area contributed by atoms with Crippen LogP contribution in [0.2, 0.25) is 0 Å². The van der Waals surface area contributed by atoms with E-state index in [0.29, 0.717) is 12.8 Å². The largest absolute Gasteiger partial charge is 0.480 e. The molecule has 174 valence electrons. The molecule has 0 saturated heterocycles. The Labute approximate surface area is 184 Å². The number of carboxylic acids is 1. The summed E-state index contributed by atoms with van der Waals surface area (Å²) in [6.45, 7) is 10.9. The zero-order chi connectivity index (χ0) is 23.6. The molecule has 0 aliphatic heterocycles. The van der Waals surface area contributed by atoms with Crippen molar-refractivity contribution in [3.63, 3.8) is 0 Å². The highest BCUT2D eigenvalue weighted by Gasteiger charge is 2.33. The third-order valence-corrected chi connectivity index (χ3v) is 5.29. The van der Waals surface area contributed by atoms with Gasteiger partial charge in [0.05, 0.1) is 6.04 Å². The molecule has 0 radical (unpaired) electrons. The number of amides is 3. The zero-order valence-electron chi connectivity index (χ0n) is 18.8. The van der Waals surface area contributed by atoms with E-state index in [2.05, 4.69) is 28.6 Å². The van der Waals surface area contributed by atoms with Crippen LogP contribution in [0.4, 0.5) is 0 Å². The Morgan fingerprint density at radius 3 is 1.83 bits per heavy atom. The molecule has 0 saturated carbocycles. The van der Waals surface area contributed by atoms with E-state index in [1.807, 2.05) is 20.8 Å². The molecule has 0 rings (SSSR count). The lowest BCUT2D eigenvalue weighted by atomic mass is 9.96. The van der Waals surface area contributed by atoms with Crippen LogP contribution in [0, 0.1) is 17.8 Å². The number of carbonyl (C=O) groups is 4. The average molecular weight is 447 g/mol. The van der Waals surface area contributed by atoms with Gasteiger partial charge in [-0.1, -0.05) is 48.0 Å². The molecule has 0 bridgehead atoms. The second-order valence-electron chi connectivity index (χ2n) is 8.42. The standard InChI is InChI=1S/C20H38N4O5S/c1-7-12(6)16(20(28)29)24-19(27)15(11(4)5)23-18(26)14(8-10(2)3)22-17(25)13(21)9-30/h10-16,30H,7-9,21H2,1-6H3,(H,22,25)(H,23,26)(H,24,27)(H,28,29). The van der Waals surface area contributed by atoms with E-state index in [4.69, 9.17) is 5.73 Å². The van der Waals surface area contributed by atoms with Crippen LogP contribution in [-0.4, -0.2) is 58.7 Å². The van der Waals surface area contributed by atoms with Crippen LogP contribution in [0.25, 0.3) is 0 Å². The van der Waals surface area contributed by atoms with E-state index in [9.17, 15) is 24.3 Å². The Balaban J connectivity index is 5.43. The molecular weight excluding hydrogens is 408 g/mol. The predicted octanol–water partition coefficient (Wildman–Crippen LogP) is 0.531. The number of carboxylic acid groups (broad SMARTS) is 1. The minimum Gasteiger partial charge on any atom is -0.480 e. The maximum atomic E-state index is 12.9. The first-order valence-corrected chi connectivity index (χ1v) is 11.0. The first-order valence-electron chi connectivity index (χ1n) is 10.4. The van der Waals surface area contributed by atoms with Crippen LogP contribution in [0.15, 0.2) is 0 Å². The average Bonchev–Trinajstić information content (AvgIpc) is 2.66. The molecule has 5 atom stereocenters. The van der Waals surface area contributed by atoms with Crippen molar-refractivity contribution in [1.82, 2.24) is 16.0 Å². The summed E-state index contributed by atoms with van der Waals surface area (Å²) in [5.41, 5.74) is 5.68. The molecule has 10 heteroatoms. The summed E-state index contributed by atoms with van der Waals surface area (Å²) in [6, 6.07) is -3.73. The SMILES string of the molecule is CCC(C)C(NC(=O)C(NC(=O)C(CC(C)C)NC(=O)C(N)CS)C(C)C)C(=O)O. The van der Waals surface area contributed by atoms with Gasteiger partial charge in [0.15, 0.2) is 0 Å². The van der Waals surface area contributed by atoms with Gasteiger partial charge in [0.1, 0.15) is 18.1 Å². The molecule has 0 fully saturated rings. The summed E-state index contributed by atoms with van der Waals surface area (Å²) in [5, 5.41) is 17.2. The van der Waals surface area contributed by atoms with Gasteiger partial charge in [-0.2, -0.15) is 12.6 Å². The number of nitrogens with two attached hydrogens (primary N) is 1. The molecule has 0 aliphatic carbocycles. The minimum absolute atomic E-state index is 0.0985. The molecule has 0 heterocycles. The van der Waals surface area contributed by atoms with Gasteiger partial charge >= 0.3 is 5.97 Å². The van der Waals surface area contributed by atoms with E-state index in [-0.39, 0.29) is 23.5 Å². The van der Waals surface area contributed by atoms with Crippen LogP contribution in [-0.2, 0) is 19.2 Å². The Bertz CT molecular complexity index is 600. The van der Waals surface area contributed by atoms with Crippen molar-refractivity contribution >= 4 is 36.3 Å². The molecule has 0 spiro atoms. The van der Waals surface area contributed by atoms with Crippen LogP contribution in [0.1, 0.15) is 54.4 Å². The molecular formula is C20H38N4O5S. The summed E-state index contributed by atoms with van der Waals surface area (Å²) in [7, 11) is 0. The van der Waals surface area contributed by atoms with Gasteiger partial charge < -0.3 is 26.8 Å². The van der Waals surface area contributed by atoms with E-state index in [0.717, 1.165) is 0 Å². The highest BCUT2D eigenvalue weighted by Crippen LogP contribution is 2.11. The molecule has 6 N–H and O–H groups in total. The first-order chi connectivity index (χ1) is 13.8. The number of thiol groups is 1. The van der Waals surface area contributed by atoms with E-state index >= 15 is 0 Å². The molecule has 0 aromatic heterocycles. The molecule has 9 nitrogen and oxygen atoms in total. The van der Waals surface area contributed by atoms with Crippen LogP contribution in [0.3, 0.4) is 0 Å². The maximum absolute atomic E-state index is 12.9. The Morgan fingerprint density at radius 1 is 0.900 bits per heavy atom. The second kappa shape index (κ2) is 13.5. The van der Waals surface area contributed by atoms with Gasteiger partial charge in [-0.15, -0.1) is 0 Å². The highest BCUT2D eigenvalue weighted by atomic mass is 32.1. The topological polar surface area (TPSA) is 151 Å². The first kappa shape index (κ1) is 28.2. The van der Waals surface area contributed by atoms with E-state index in [1.165, 1.54) is 0 Å². The summed E-state index contributed by atoms with van der Waals surface area (Å²) >= 11 is 3.99. The van der Waals surface area contributed by atoms with Crippen molar-refractivity contribution in [3.05, 3.63) is 0 Å². The zero-order valence-corrected chi connectivity index (χ0v) is 19.7. The smallest absolute Gasteiger partial charge is 0.326 e. The Morgan fingerprint density at radius 2 is 1.43 bits per heavy atom. The fourth-order valence-corrected chi connectivity index (χ4v) is 2.95. The normalized spacial score (nSPS) is 16.3. The number of aliphatic carboxylic acids is 1. The molecule has 0 aromatic rings. The molecule has 30 heavy (non-hydrogen) atoms. The quantitative estimate of drug-likeness (QED) is 0.227. The fraction of sp³-hybridized carbons (Fsp3) is 0.800. The monoisotopic (exact) mass is 446 g/mol. The van der Waals surface area contributed by atoms with Crippen LogP contribution >= 0.6 is 12.6 Å². The number of rotatable bonds is 13. The highest BCUT2D eigenvalue weighted by molar-refractivity contribution is 7.80. The molecule has 3 amide bonds. The maximum Gasteiger partial charge on any atom is 0.326 e. The van der Waals surface area contributed by atoms with Gasteiger partial charge in [-0.3, -0.25) is 14.4 Å². The lowest BCUT2D eigenvalue weighted by molar-refractivity contribution is -0.144. The summed E-state index contributed by atoms with van der Waals surface area (Å²) in [6.07, 6.45) is 0.928. The van der Waals surface area contributed by atoms with Crippen molar-refractivity contribution in [2.75, 3.05) is 5.75 Å². The van der Waals surface area contributed by atoms with Gasteiger partial charge in [0.2, 0.25) is 17.7 Å². The van der Waals surface area contributed by atoms with Crippen molar-refractivity contribution < 1.29 is 24.3 Å². The van der Waals surface area contributed by atoms with Gasteiger partial charge in [-0.05, 0) is 24.2 Å². The summed E-state index contributed by atoms with van der Waals surface area (Å²) in [5.74, 6) is -3.07. The summed E-state index contributed by atoms with van der Waals surface area (Å²) < 4.78 is 0. The molecule has 0 aromatic carbocycles. The Hall–Kier alpha value is -1.81. The molecule has 0 aliphatic rings. The lowest BCUT2D eigenvalue weighted by Gasteiger charge is -2.28. The van der Waals surface area contributed by atoms with E-state index < -0.39 is 47.9 Å². The van der Waals surface area contributed by atoms with Gasteiger partial charge in [0, 0.05) is 5.75 Å². The van der Waals surface area contributed by atoms with E-state index in [1.54, 1.807) is 20.8 Å². The fourth-order valence-electron chi connectivity index (χ4n) is 2.78. The third-order valence-electron chi connectivity index (χ3n) is 4.90. The lowest BCUT2D eigenvalue weighted by Crippen LogP contribution is -2.59. The number of carbonyl (C=O) groups excluding carboxylic acids is 3. The molecule has 5 unspecified atom stereocenters. The number of nitrogens with one attached hydrogen (secondary N) is 3. The van der Waals surface area contributed by atoms with Crippen LogP contribution < -0.4 is 21.7 Å². The minimum atomic E-state index is -1.13. The second-order valence-corrected chi connectivity index (χ2v) is 8.79. The number of hydrogen-bond donors (Lipinski definition) is 6. The number of hydrogen-bond acceptors (Lipinski definition) is 6. The third kappa shape index (κ3) is 9.34. The predicted molar refractivity (Wildman–Crippen MR) is 119 cm³/mol. The van der Waals surface area contributed by atoms with Crippen molar-refractivity contribution in [1.29, 1.82) is 0 Å². The van der Waals surface area contributed by atoms with Crippen molar-refractivity contribution in [2.45, 2.75) is 78.6 Å². The summed E-state index contributed by atoms with van der Waals surface area (Å²) in [4.78, 5) is 49.3.